The summed E-state index contributed by atoms with van der Waals surface area (Å²) in [5, 5.41) is 0. The van der Waals surface area contributed by atoms with Gasteiger partial charge in [-0.2, -0.15) is 0 Å². The molecule has 4 aromatic rings. The van der Waals surface area contributed by atoms with Gasteiger partial charge >= 0.3 is 199 Å². The van der Waals surface area contributed by atoms with E-state index in [1.807, 2.05) is 0 Å². The molecule has 0 aliphatic heterocycles. The molecule has 0 saturated carbocycles. The fourth-order valence-electron chi connectivity index (χ4n) is 6.20. The summed E-state index contributed by atoms with van der Waals surface area (Å²) in [5.74, 6) is 0. The molecule has 32 heavy (non-hydrogen) atoms. The van der Waals surface area contributed by atoms with E-state index < -0.39 is 12.7 Å². The molecule has 0 spiro atoms. The number of benzene rings is 4. The fraction of sp³-hybridized carbons (Fsp3) is 0.138. The van der Waals surface area contributed by atoms with Gasteiger partial charge in [0.25, 0.3) is 0 Å². The molecule has 0 unspecified atom stereocenters. The Morgan fingerprint density at radius 2 is 0.750 bits per heavy atom. The number of halogens is 2. The number of hydrogen-bond donors (Lipinski definition) is 0. The van der Waals surface area contributed by atoms with Gasteiger partial charge in [0, 0.05) is 0 Å². The van der Waals surface area contributed by atoms with Crippen LogP contribution in [0.2, 0.25) is 0 Å². The molecule has 0 N–H and O–H groups in total. The first-order valence-electron chi connectivity index (χ1n) is 11.2. The van der Waals surface area contributed by atoms with E-state index in [0.29, 0.717) is 0 Å². The van der Waals surface area contributed by atoms with E-state index in [-0.39, 0.29) is 8.45 Å². The first kappa shape index (κ1) is 20.6. The van der Waals surface area contributed by atoms with E-state index in [9.17, 15) is 0 Å². The maximum atomic E-state index is 8.17. The van der Waals surface area contributed by atoms with Gasteiger partial charge in [0.1, 0.15) is 0 Å². The van der Waals surface area contributed by atoms with Crippen molar-refractivity contribution in [2.45, 2.75) is 22.3 Å². The van der Waals surface area contributed by atoms with Crippen LogP contribution < -0.4 is 0 Å². The molecule has 0 atom stereocenters. The predicted octanol–water partition coefficient (Wildman–Crippen LogP) is 8.74. The molecule has 4 aromatic carbocycles. The Kier molecular flexibility index (Phi) is 4.53. The molecule has 3 heteroatoms. The summed E-state index contributed by atoms with van der Waals surface area (Å²) >= 11 is -4.56. The summed E-state index contributed by atoms with van der Waals surface area (Å²) in [5.41, 5.74) is 10.2. The summed E-state index contributed by atoms with van der Waals surface area (Å²) in [6.07, 6.45) is 0. The number of rotatable bonds is 2. The Morgan fingerprint density at radius 3 is 1.00 bits per heavy atom. The van der Waals surface area contributed by atoms with Crippen LogP contribution in [0.3, 0.4) is 0 Å². The maximum absolute atomic E-state index is 8.17. The van der Waals surface area contributed by atoms with Crippen molar-refractivity contribution in [3.63, 3.8) is 0 Å². The predicted molar refractivity (Wildman–Crippen MR) is 136 cm³/mol. The third-order valence-electron chi connectivity index (χ3n) is 7.68. The summed E-state index contributed by atoms with van der Waals surface area (Å²) in [7, 11) is 16.3. The second kappa shape index (κ2) is 7.02. The van der Waals surface area contributed by atoms with Crippen molar-refractivity contribution in [3.05, 3.63) is 119 Å². The molecule has 0 radical (unpaired) electrons. The number of hydrogen-bond acceptors (Lipinski definition) is 0. The van der Waals surface area contributed by atoms with Crippen molar-refractivity contribution in [3.8, 4) is 22.3 Å². The topological polar surface area (TPSA) is 0 Å². The van der Waals surface area contributed by atoms with Gasteiger partial charge in [-0.3, -0.25) is 0 Å². The minimum atomic E-state index is -4.56. The van der Waals surface area contributed by atoms with Crippen molar-refractivity contribution < 1.29 is 12.7 Å². The molecule has 2 aliphatic rings. The van der Waals surface area contributed by atoms with Crippen LogP contribution in [0.25, 0.3) is 22.3 Å². The Bertz CT molecular complexity index is 1280. The van der Waals surface area contributed by atoms with Crippen LogP contribution in [0.5, 0.6) is 0 Å². The molecule has 0 nitrogen and oxygen atoms in total. The summed E-state index contributed by atoms with van der Waals surface area (Å²) < 4.78 is 1.19. The van der Waals surface area contributed by atoms with Crippen molar-refractivity contribution in [1.82, 2.24) is 0 Å². The van der Waals surface area contributed by atoms with Crippen LogP contribution in [0.4, 0.5) is 0 Å². The van der Waals surface area contributed by atoms with E-state index in [1.165, 1.54) is 48.3 Å². The van der Waals surface area contributed by atoms with Crippen LogP contribution in [0.15, 0.2) is 97.1 Å². The van der Waals surface area contributed by atoms with E-state index in [2.05, 4.69) is 111 Å². The summed E-state index contributed by atoms with van der Waals surface area (Å²) in [4.78, 5) is 0. The second-order valence-corrected chi connectivity index (χ2v) is 23.8. The van der Waals surface area contributed by atoms with Crippen molar-refractivity contribution in [1.29, 1.82) is 0 Å². The summed E-state index contributed by atoms with van der Waals surface area (Å²) in [6, 6.07) is 34.8. The van der Waals surface area contributed by atoms with E-state index in [4.69, 9.17) is 18.6 Å². The van der Waals surface area contributed by atoms with Gasteiger partial charge in [0.15, 0.2) is 0 Å². The summed E-state index contributed by atoms with van der Waals surface area (Å²) in [6.45, 7) is 4.34. The van der Waals surface area contributed by atoms with Gasteiger partial charge in [-0.1, -0.05) is 0 Å². The second-order valence-electron chi connectivity index (χ2n) is 9.37. The minimum absolute atomic E-state index is 0.00283. The van der Waals surface area contributed by atoms with Crippen LogP contribution in [-0.4, -0.2) is 3.81 Å². The molecule has 0 amide bonds. The molecule has 0 heterocycles. The molecule has 0 aromatic heterocycles. The molecule has 0 saturated heterocycles. The van der Waals surface area contributed by atoms with E-state index in [1.54, 1.807) is 0 Å². The zero-order chi connectivity index (χ0) is 22.1. The van der Waals surface area contributed by atoms with Crippen LogP contribution in [-0.2, 0) is 12.7 Å². The molecule has 6 rings (SSSR count). The van der Waals surface area contributed by atoms with Gasteiger partial charge in [0.05, 0.1) is 0 Å². The Hall–Kier alpha value is -1.96. The zero-order valence-electron chi connectivity index (χ0n) is 18.1. The normalized spacial score (nSPS) is 15.2. The Balaban J connectivity index is 1.75. The van der Waals surface area contributed by atoms with E-state index in [0.717, 1.165) is 0 Å². The first-order chi connectivity index (χ1) is 15.4. The average Bonchev–Trinajstić information content (AvgIpc) is 3.33. The third-order valence-corrected chi connectivity index (χ3v) is 22.6. The van der Waals surface area contributed by atoms with E-state index >= 15 is 0 Å². The SMILES string of the molecule is C[C](C)=[Ti]([Cl])([Cl])([CH]1c2ccccc2-c2ccccc21)[CH]1c2ccccc2-c2ccccc21. The van der Waals surface area contributed by atoms with Crippen LogP contribution >= 0.6 is 18.6 Å². The monoisotopic (exact) mass is 490 g/mol. The molecule has 0 bridgehead atoms. The Morgan fingerprint density at radius 1 is 0.500 bits per heavy atom. The third kappa shape index (κ3) is 2.53. The quantitative estimate of drug-likeness (QED) is 0.246. The average molecular weight is 491 g/mol. The molecule has 0 fully saturated rings. The van der Waals surface area contributed by atoms with Gasteiger partial charge in [-0.25, -0.2) is 0 Å². The molecular weight excluding hydrogens is 467 g/mol. The fourth-order valence-corrected chi connectivity index (χ4v) is 17.5. The van der Waals surface area contributed by atoms with Gasteiger partial charge in [-0.05, 0) is 0 Å². The van der Waals surface area contributed by atoms with Crippen molar-refractivity contribution >= 4 is 22.4 Å². The van der Waals surface area contributed by atoms with Gasteiger partial charge in [-0.15, -0.1) is 0 Å². The van der Waals surface area contributed by atoms with Gasteiger partial charge in [0.2, 0.25) is 0 Å². The Labute approximate surface area is 198 Å². The van der Waals surface area contributed by atoms with Crippen molar-refractivity contribution in [2.24, 2.45) is 0 Å². The van der Waals surface area contributed by atoms with Crippen molar-refractivity contribution in [2.75, 3.05) is 0 Å². The number of fused-ring (bicyclic) bond motifs is 6. The van der Waals surface area contributed by atoms with Crippen LogP contribution in [0.1, 0.15) is 44.5 Å². The zero-order valence-corrected chi connectivity index (χ0v) is 21.2. The molecular formula is C29H24Cl2Ti. The van der Waals surface area contributed by atoms with Gasteiger partial charge < -0.3 is 0 Å². The van der Waals surface area contributed by atoms with Crippen LogP contribution in [0, 0.1) is 0 Å². The standard InChI is InChI=1S/2C13H9.C3H6.2ClH.Ti/c2*1-3-7-12-10(5-1)9-11-6-2-4-8-13(11)12;1-3-2;;;/h2*1-9H;1-2H3;2*1H;/q;;;;;+2/p-2. The first-order valence-corrected chi connectivity index (χ1v) is 18.1. The molecule has 2 aliphatic carbocycles. The molecule has 158 valence electrons.